The van der Waals surface area contributed by atoms with Gasteiger partial charge in [0.1, 0.15) is 11.4 Å². The number of ether oxygens (including phenoxy) is 1. The summed E-state index contributed by atoms with van der Waals surface area (Å²) in [5.74, 6) is 1.40. The summed E-state index contributed by atoms with van der Waals surface area (Å²) in [7, 11) is 0. The van der Waals surface area contributed by atoms with Crippen molar-refractivity contribution in [2.24, 2.45) is 0 Å². The van der Waals surface area contributed by atoms with E-state index in [1.165, 1.54) is 0 Å². The van der Waals surface area contributed by atoms with E-state index in [0.29, 0.717) is 12.4 Å². The molecule has 2 fully saturated rings. The zero-order valence-corrected chi connectivity index (χ0v) is 19.6. The number of aromatic nitrogens is 3. The van der Waals surface area contributed by atoms with Gasteiger partial charge in [-0.3, -0.25) is 0 Å². The lowest BCUT2D eigenvalue weighted by Crippen LogP contribution is -2.50. The van der Waals surface area contributed by atoms with Gasteiger partial charge in [-0.1, -0.05) is 0 Å². The first-order valence-electron chi connectivity index (χ1n) is 10.8. The third-order valence-electron chi connectivity index (χ3n) is 6.05. The lowest BCUT2D eigenvalue weighted by Gasteiger charge is -2.35. The van der Waals surface area contributed by atoms with Gasteiger partial charge >= 0.3 is 6.09 Å². The van der Waals surface area contributed by atoms with Crippen LogP contribution in [0.25, 0.3) is 16.6 Å². The average Bonchev–Trinajstić information content (AvgIpc) is 3.45. The summed E-state index contributed by atoms with van der Waals surface area (Å²) in [5.41, 5.74) is 7.60. The number of carbonyl (C=O) groups is 1. The molecule has 8 nitrogen and oxygen atoms in total. The van der Waals surface area contributed by atoms with E-state index >= 15 is 0 Å². The number of pyridine rings is 1. The molecule has 2 aliphatic heterocycles. The van der Waals surface area contributed by atoms with E-state index < -0.39 is 5.60 Å². The number of rotatable bonds is 3. The monoisotopic (exact) mass is 452 g/mol. The van der Waals surface area contributed by atoms with Crippen molar-refractivity contribution in [1.29, 1.82) is 0 Å². The van der Waals surface area contributed by atoms with Crippen LogP contribution in [-0.2, 0) is 4.74 Å². The average molecular weight is 453 g/mol. The van der Waals surface area contributed by atoms with Gasteiger partial charge in [-0.05, 0) is 57.7 Å². The van der Waals surface area contributed by atoms with Crippen molar-refractivity contribution in [1.82, 2.24) is 19.7 Å². The lowest BCUT2D eigenvalue weighted by atomic mass is 10.2. The minimum atomic E-state index is -0.487. The van der Waals surface area contributed by atoms with E-state index in [-0.39, 0.29) is 18.2 Å². The van der Waals surface area contributed by atoms with Crippen molar-refractivity contribution >= 4 is 40.4 Å². The van der Waals surface area contributed by atoms with Crippen LogP contribution in [0.1, 0.15) is 27.2 Å². The number of carbonyl (C=O) groups excluding carboxylic acids is 1. The molecule has 0 aliphatic carbocycles. The Morgan fingerprint density at radius 1 is 1.19 bits per heavy atom. The van der Waals surface area contributed by atoms with Crippen LogP contribution in [0.4, 0.5) is 16.4 Å². The highest BCUT2D eigenvalue weighted by atomic mass is 32.2. The molecule has 2 saturated heterocycles. The molecular formula is C23H28N6O2S. The molecular weight excluding hydrogens is 424 g/mol. The Balaban J connectivity index is 1.40. The highest BCUT2D eigenvalue weighted by molar-refractivity contribution is 7.98. The fourth-order valence-electron chi connectivity index (χ4n) is 4.63. The first-order valence-corrected chi connectivity index (χ1v) is 12.0. The smallest absolute Gasteiger partial charge is 0.410 e. The second-order valence-corrected chi connectivity index (χ2v) is 10.3. The Morgan fingerprint density at radius 3 is 2.69 bits per heavy atom. The number of benzene rings is 1. The molecule has 32 heavy (non-hydrogen) atoms. The number of nitrogens with two attached hydrogens (primary N) is 1. The van der Waals surface area contributed by atoms with Crippen LogP contribution in [0.15, 0.2) is 41.4 Å². The second-order valence-electron chi connectivity index (χ2n) is 9.38. The highest BCUT2D eigenvalue weighted by Crippen LogP contribution is 2.35. The third-order valence-corrected chi connectivity index (χ3v) is 6.78. The molecule has 2 N–H and O–H groups in total. The van der Waals surface area contributed by atoms with E-state index in [1.54, 1.807) is 11.8 Å². The summed E-state index contributed by atoms with van der Waals surface area (Å²) in [5, 5.41) is 5.53. The van der Waals surface area contributed by atoms with Crippen LogP contribution in [0, 0.1) is 0 Å². The van der Waals surface area contributed by atoms with Crippen LogP contribution in [0.2, 0.25) is 0 Å². The number of hydrogen-bond acceptors (Lipinski definition) is 7. The number of nitrogens with zero attached hydrogens (tertiary/aromatic N) is 5. The summed E-state index contributed by atoms with van der Waals surface area (Å²) in [6.45, 7) is 7.09. The zero-order valence-electron chi connectivity index (χ0n) is 18.8. The highest BCUT2D eigenvalue weighted by Gasteiger charge is 2.47. The van der Waals surface area contributed by atoms with Gasteiger partial charge in [-0.15, -0.1) is 16.9 Å². The molecule has 1 amide bonds. The fourth-order valence-corrected chi connectivity index (χ4v) is 5.06. The lowest BCUT2D eigenvalue weighted by molar-refractivity contribution is 0.0214. The molecule has 2 bridgehead atoms. The predicted molar refractivity (Wildman–Crippen MR) is 128 cm³/mol. The molecule has 4 heterocycles. The molecule has 2 atom stereocenters. The minimum Gasteiger partial charge on any atom is -0.444 e. The van der Waals surface area contributed by atoms with Crippen molar-refractivity contribution in [2.45, 2.75) is 49.8 Å². The Bertz CT molecular complexity index is 1190. The number of thioether (sulfide) groups is 1. The Labute approximate surface area is 191 Å². The predicted octanol–water partition coefficient (Wildman–Crippen LogP) is 3.92. The van der Waals surface area contributed by atoms with Crippen LogP contribution in [0.5, 0.6) is 0 Å². The molecule has 2 aromatic heterocycles. The number of likely N-dealkylation sites (tertiary alicyclic amines) is 1. The SMILES string of the molecule is CSc1ccc2c(N)nn(-c3ccnc(N4C[C@@H]5C[C@H]4CN5C(=O)OC(C)(C)C)c3)c2c1. The van der Waals surface area contributed by atoms with E-state index in [9.17, 15) is 4.79 Å². The summed E-state index contributed by atoms with van der Waals surface area (Å²) >= 11 is 1.69. The van der Waals surface area contributed by atoms with Crippen molar-refractivity contribution in [3.8, 4) is 5.69 Å². The van der Waals surface area contributed by atoms with Gasteiger partial charge in [0.05, 0.1) is 23.3 Å². The summed E-state index contributed by atoms with van der Waals surface area (Å²) in [6, 6.07) is 10.6. The van der Waals surface area contributed by atoms with Crippen LogP contribution in [0.3, 0.4) is 0 Å². The molecule has 168 valence electrons. The topological polar surface area (TPSA) is 89.5 Å². The van der Waals surface area contributed by atoms with Crippen LogP contribution < -0.4 is 10.6 Å². The summed E-state index contributed by atoms with van der Waals surface area (Å²) < 4.78 is 7.47. The van der Waals surface area contributed by atoms with Gasteiger partial charge in [-0.2, -0.15) is 0 Å². The number of anilines is 2. The first-order chi connectivity index (χ1) is 15.2. The number of nitrogen functional groups attached to an aromatic ring is 1. The molecule has 0 radical (unpaired) electrons. The van der Waals surface area contributed by atoms with Gasteiger partial charge in [0, 0.05) is 35.6 Å². The molecule has 0 saturated carbocycles. The molecule has 3 aromatic rings. The van der Waals surface area contributed by atoms with Crippen molar-refractivity contribution in [3.63, 3.8) is 0 Å². The minimum absolute atomic E-state index is 0.144. The Morgan fingerprint density at radius 2 is 2.00 bits per heavy atom. The summed E-state index contributed by atoms with van der Waals surface area (Å²) in [6.07, 6.45) is 4.57. The molecule has 0 spiro atoms. The maximum atomic E-state index is 12.6. The van der Waals surface area contributed by atoms with E-state index in [4.69, 9.17) is 10.5 Å². The van der Waals surface area contributed by atoms with Gasteiger partial charge in [0.2, 0.25) is 0 Å². The van der Waals surface area contributed by atoms with Gasteiger partial charge in [-0.25, -0.2) is 14.5 Å². The zero-order chi connectivity index (χ0) is 22.6. The number of fused-ring (bicyclic) bond motifs is 3. The Hall–Kier alpha value is -2.94. The number of amides is 1. The molecule has 2 aliphatic rings. The van der Waals surface area contributed by atoms with E-state index in [1.807, 2.05) is 48.7 Å². The maximum absolute atomic E-state index is 12.6. The maximum Gasteiger partial charge on any atom is 0.410 e. The molecule has 9 heteroatoms. The van der Waals surface area contributed by atoms with E-state index in [0.717, 1.165) is 40.3 Å². The normalized spacial score (nSPS) is 20.4. The van der Waals surface area contributed by atoms with Crippen LogP contribution >= 0.6 is 11.8 Å². The number of piperazine rings is 1. The van der Waals surface area contributed by atoms with Crippen LogP contribution in [-0.4, -0.2) is 62.8 Å². The van der Waals surface area contributed by atoms with Gasteiger partial charge in [0.25, 0.3) is 0 Å². The second kappa shape index (κ2) is 7.58. The van der Waals surface area contributed by atoms with Gasteiger partial charge in [0.15, 0.2) is 5.82 Å². The fraction of sp³-hybridized carbons (Fsp3) is 0.435. The van der Waals surface area contributed by atoms with E-state index in [2.05, 4.69) is 39.4 Å². The Kier molecular flexibility index (Phi) is 4.96. The molecule has 5 rings (SSSR count). The molecule has 1 aromatic carbocycles. The quantitative estimate of drug-likeness (QED) is 0.602. The first kappa shape index (κ1) is 20.9. The molecule has 0 unspecified atom stereocenters. The van der Waals surface area contributed by atoms with Gasteiger partial charge < -0.3 is 20.3 Å². The standard InChI is InChI=1S/C23H28N6O2S/c1-23(2,3)31-22(30)28-13-15-9-16(28)12-27(15)20-10-14(7-8-25-20)29-19-11-17(32-4)5-6-18(19)21(24)26-29/h5-8,10-11,15-16H,9,12-13H2,1-4H3,(H2,24,26)/t15-,16-/m0/s1. The van der Waals surface area contributed by atoms with Crippen molar-refractivity contribution in [3.05, 3.63) is 36.5 Å². The van der Waals surface area contributed by atoms with Crippen molar-refractivity contribution in [2.75, 3.05) is 30.0 Å². The number of hydrogen-bond donors (Lipinski definition) is 1. The third kappa shape index (κ3) is 3.64. The van der Waals surface area contributed by atoms with Crippen molar-refractivity contribution < 1.29 is 9.53 Å². The largest absolute Gasteiger partial charge is 0.444 e. The summed E-state index contributed by atoms with van der Waals surface area (Å²) in [4.78, 5) is 22.5.